The molecule has 0 bridgehead atoms. The van der Waals surface area contributed by atoms with E-state index in [-0.39, 0.29) is 32.9 Å². The fourth-order valence-electron chi connectivity index (χ4n) is 2.68. The Hall–Kier alpha value is -0.372. The smallest absolute Gasteiger partial charge is 0.550 e. The van der Waals surface area contributed by atoms with Gasteiger partial charge in [-0.3, -0.25) is 0 Å². The number of hydrogen-bond donors (Lipinski definition) is 0. The summed E-state index contributed by atoms with van der Waals surface area (Å²) >= 11 is 0. The van der Waals surface area contributed by atoms with E-state index in [2.05, 4.69) is 0 Å². The second-order valence-electron chi connectivity index (χ2n) is 5.31. The van der Waals surface area contributed by atoms with E-state index in [1.54, 1.807) is 0 Å². The maximum Gasteiger partial charge on any atom is 2.00 e. The molecule has 2 fully saturated rings. The Morgan fingerprint density at radius 3 is 1.05 bits per heavy atom. The van der Waals surface area contributed by atoms with Crippen LogP contribution in [0.3, 0.4) is 0 Å². The number of hydrogen-bond acceptors (Lipinski definition) is 4. The average Bonchev–Trinajstić information content (AvgIpc) is 2.41. The molecule has 0 atom stereocenters. The maximum absolute atomic E-state index is 10.2. The summed E-state index contributed by atoms with van der Waals surface area (Å²) in [7, 11) is 0. The molecule has 2 rings (SSSR count). The molecule has 2 aliphatic carbocycles. The topological polar surface area (TPSA) is 80.3 Å². The zero-order chi connectivity index (χ0) is 13.4. The normalized spacial score (nSPS) is 20.6. The van der Waals surface area contributed by atoms with Crippen LogP contribution in [0.25, 0.3) is 0 Å². The molecule has 0 saturated heterocycles. The van der Waals surface area contributed by atoms with E-state index >= 15 is 0 Å². The monoisotopic (exact) mass is 352 g/mol. The standard InChI is InChI=1S/2C7H12O2.Mo/c2*8-7(9)6-4-2-1-3-5-6;/h2*6H,1-5H2,(H,8,9);/q;;+2/p-2. The summed E-state index contributed by atoms with van der Waals surface area (Å²) in [6.45, 7) is 0. The molecule has 108 valence electrons. The predicted molar refractivity (Wildman–Crippen MR) is 63.2 cm³/mol. The molecule has 2 saturated carbocycles. The Balaban J connectivity index is 0.000000324. The minimum atomic E-state index is -0.852. The minimum Gasteiger partial charge on any atom is -0.550 e. The molecule has 0 aromatic heterocycles. The van der Waals surface area contributed by atoms with E-state index in [9.17, 15) is 19.8 Å². The van der Waals surface area contributed by atoms with Gasteiger partial charge in [0.05, 0.1) is 0 Å². The zero-order valence-corrected chi connectivity index (χ0v) is 13.3. The number of carbonyl (C=O) groups excluding carboxylic acids is 2. The Bertz CT molecular complexity index is 241. The van der Waals surface area contributed by atoms with Gasteiger partial charge in [-0.25, -0.2) is 0 Å². The first-order chi connectivity index (χ1) is 8.61. The fraction of sp³-hybridized carbons (Fsp3) is 0.857. The van der Waals surface area contributed by atoms with Crippen LogP contribution in [-0.2, 0) is 30.7 Å². The average molecular weight is 350 g/mol. The van der Waals surface area contributed by atoms with Crippen molar-refractivity contribution >= 4 is 11.9 Å². The minimum absolute atomic E-state index is 0. The molecule has 0 aromatic rings. The van der Waals surface area contributed by atoms with Crippen LogP contribution in [-0.4, -0.2) is 11.9 Å². The van der Waals surface area contributed by atoms with Gasteiger partial charge in [-0.1, -0.05) is 38.5 Å². The van der Waals surface area contributed by atoms with Crippen molar-refractivity contribution in [2.45, 2.75) is 64.2 Å². The zero-order valence-electron chi connectivity index (χ0n) is 11.3. The molecule has 19 heavy (non-hydrogen) atoms. The molecule has 0 heterocycles. The van der Waals surface area contributed by atoms with E-state index in [1.165, 1.54) is 12.8 Å². The molecule has 0 radical (unpaired) electrons. The summed E-state index contributed by atoms with van der Waals surface area (Å²) in [5.41, 5.74) is 0. The summed E-state index contributed by atoms with van der Waals surface area (Å²) in [6.07, 6.45) is 10.0. The van der Waals surface area contributed by atoms with Crippen LogP contribution in [0.1, 0.15) is 64.2 Å². The third-order valence-corrected chi connectivity index (χ3v) is 3.88. The molecular weight excluding hydrogens is 328 g/mol. The largest absolute Gasteiger partial charge is 2.00 e. The van der Waals surface area contributed by atoms with Gasteiger partial charge in [0.25, 0.3) is 0 Å². The van der Waals surface area contributed by atoms with Gasteiger partial charge in [0.1, 0.15) is 0 Å². The quantitative estimate of drug-likeness (QED) is 0.684. The van der Waals surface area contributed by atoms with Gasteiger partial charge in [-0.05, 0) is 37.5 Å². The van der Waals surface area contributed by atoms with Gasteiger partial charge in [-0.2, -0.15) is 0 Å². The van der Waals surface area contributed by atoms with E-state index in [1.807, 2.05) is 0 Å². The van der Waals surface area contributed by atoms with Gasteiger partial charge in [0, 0.05) is 11.9 Å². The van der Waals surface area contributed by atoms with Crippen molar-refractivity contribution in [3.8, 4) is 0 Å². The molecule has 4 nitrogen and oxygen atoms in total. The first kappa shape index (κ1) is 18.6. The number of carboxylic acids is 2. The van der Waals surface area contributed by atoms with E-state index in [0.29, 0.717) is 0 Å². The van der Waals surface area contributed by atoms with Crippen molar-refractivity contribution < 1.29 is 40.9 Å². The Kier molecular flexibility index (Phi) is 10.2. The molecule has 0 unspecified atom stereocenters. The van der Waals surface area contributed by atoms with Gasteiger partial charge in [0.15, 0.2) is 0 Å². The predicted octanol–water partition coefficient (Wildman–Crippen LogP) is 0.631. The number of carboxylic acid groups (broad SMARTS) is 2. The van der Waals surface area contributed by atoms with Gasteiger partial charge >= 0.3 is 21.1 Å². The Labute approximate surface area is 129 Å². The molecule has 2 aliphatic rings. The van der Waals surface area contributed by atoms with Crippen LogP contribution in [0.2, 0.25) is 0 Å². The number of rotatable bonds is 2. The fourth-order valence-corrected chi connectivity index (χ4v) is 2.68. The van der Waals surface area contributed by atoms with Crippen molar-refractivity contribution in [2.75, 3.05) is 0 Å². The Morgan fingerprint density at radius 1 is 0.632 bits per heavy atom. The van der Waals surface area contributed by atoms with Crippen LogP contribution in [0.4, 0.5) is 0 Å². The number of aliphatic carboxylic acids is 2. The van der Waals surface area contributed by atoms with Crippen LogP contribution < -0.4 is 10.2 Å². The van der Waals surface area contributed by atoms with Crippen molar-refractivity contribution in [3.63, 3.8) is 0 Å². The number of carbonyl (C=O) groups is 2. The Morgan fingerprint density at radius 2 is 0.895 bits per heavy atom. The second kappa shape index (κ2) is 10.4. The van der Waals surface area contributed by atoms with Crippen LogP contribution in [0.5, 0.6) is 0 Å². The third-order valence-electron chi connectivity index (χ3n) is 3.88. The first-order valence-electron chi connectivity index (χ1n) is 7.03. The summed E-state index contributed by atoms with van der Waals surface area (Å²) in [5.74, 6) is -1.98. The molecule has 0 aromatic carbocycles. The summed E-state index contributed by atoms with van der Waals surface area (Å²) in [6, 6.07) is 0. The molecule has 0 aliphatic heterocycles. The van der Waals surface area contributed by atoms with Gasteiger partial charge in [-0.15, -0.1) is 0 Å². The molecule has 0 amide bonds. The van der Waals surface area contributed by atoms with Crippen molar-refractivity contribution in [2.24, 2.45) is 11.8 Å². The van der Waals surface area contributed by atoms with Gasteiger partial charge in [0.2, 0.25) is 0 Å². The molecule has 0 N–H and O–H groups in total. The van der Waals surface area contributed by atoms with Crippen molar-refractivity contribution in [3.05, 3.63) is 0 Å². The van der Waals surface area contributed by atoms with E-state index in [4.69, 9.17) is 0 Å². The van der Waals surface area contributed by atoms with E-state index in [0.717, 1.165) is 51.4 Å². The third kappa shape index (κ3) is 7.71. The molecule has 0 spiro atoms. The van der Waals surface area contributed by atoms with Crippen molar-refractivity contribution in [1.29, 1.82) is 0 Å². The first-order valence-corrected chi connectivity index (χ1v) is 7.03. The molecule has 5 heteroatoms. The maximum atomic E-state index is 10.2. The van der Waals surface area contributed by atoms with Crippen LogP contribution in [0.15, 0.2) is 0 Å². The summed E-state index contributed by atoms with van der Waals surface area (Å²) < 4.78 is 0. The van der Waals surface area contributed by atoms with Gasteiger partial charge < -0.3 is 19.8 Å². The van der Waals surface area contributed by atoms with Crippen LogP contribution in [0, 0.1) is 11.8 Å². The molecular formula is C14H22MoO4. The second-order valence-corrected chi connectivity index (χ2v) is 5.31. The van der Waals surface area contributed by atoms with Crippen molar-refractivity contribution in [1.82, 2.24) is 0 Å². The van der Waals surface area contributed by atoms with Crippen LogP contribution >= 0.6 is 0 Å². The summed E-state index contributed by atoms with van der Waals surface area (Å²) in [5, 5.41) is 20.5. The van der Waals surface area contributed by atoms with E-state index < -0.39 is 11.9 Å². The summed E-state index contributed by atoms with van der Waals surface area (Å²) in [4.78, 5) is 20.5. The SMILES string of the molecule is O=C([O-])C1CCCCC1.O=C([O-])C1CCCCC1.[Mo+2].